The van der Waals surface area contributed by atoms with E-state index in [2.05, 4.69) is 27.5 Å². The van der Waals surface area contributed by atoms with E-state index in [0.717, 1.165) is 47.1 Å². The number of ether oxygens (including phenoxy) is 2. The van der Waals surface area contributed by atoms with Gasteiger partial charge in [0.1, 0.15) is 24.3 Å². The molecule has 0 aliphatic heterocycles. The van der Waals surface area contributed by atoms with E-state index < -0.39 is 23.1 Å². The molecule has 2 aromatic heterocycles. The lowest BCUT2D eigenvalue weighted by atomic mass is 10.1. The van der Waals surface area contributed by atoms with E-state index in [-0.39, 0.29) is 48.3 Å². The molecule has 4 N–H and O–H groups in total. The highest BCUT2D eigenvalue weighted by molar-refractivity contribution is 5.85. The smallest absolute Gasteiger partial charge is 0.326 e. The van der Waals surface area contributed by atoms with Crippen molar-refractivity contribution >= 4 is 36.0 Å². The Kier molecular flexibility index (Phi) is 18.8. The van der Waals surface area contributed by atoms with E-state index in [9.17, 15) is 19.2 Å². The third-order valence-corrected chi connectivity index (χ3v) is 9.71. The van der Waals surface area contributed by atoms with Crippen molar-refractivity contribution in [2.75, 3.05) is 23.7 Å². The highest BCUT2D eigenvalue weighted by atomic mass is 35.5. The Labute approximate surface area is 387 Å². The van der Waals surface area contributed by atoms with E-state index in [1.165, 1.54) is 14.7 Å². The molecular formula is C51H62ClN7O6. The Hall–Kier alpha value is -6.57. The van der Waals surface area contributed by atoms with E-state index in [1.54, 1.807) is 33.2 Å². The molecule has 0 radical (unpaired) electrons. The van der Waals surface area contributed by atoms with Crippen LogP contribution in [-0.4, -0.2) is 55.3 Å². The number of rotatable bonds is 16. The number of anilines is 2. The summed E-state index contributed by atoms with van der Waals surface area (Å²) in [7, 11) is 0. The number of aromatic nitrogens is 4. The fourth-order valence-corrected chi connectivity index (χ4v) is 6.75. The zero-order chi connectivity index (χ0) is 46.3. The molecule has 6 aromatic rings. The van der Waals surface area contributed by atoms with Crippen molar-refractivity contribution in [2.45, 2.75) is 98.6 Å². The lowest BCUT2D eigenvalue weighted by Gasteiger charge is -2.21. The van der Waals surface area contributed by atoms with Crippen LogP contribution in [0.25, 0.3) is 22.5 Å². The Bertz CT molecular complexity index is 2420. The number of nitrogens with two attached hydrogens (primary N) is 1. The molecule has 0 fully saturated rings. The van der Waals surface area contributed by atoms with Crippen LogP contribution in [0.3, 0.4) is 0 Å². The van der Waals surface area contributed by atoms with Crippen molar-refractivity contribution in [2.24, 2.45) is 5.73 Å². The number of esters is 2. The van der Waals surface area contributed by atoms with Crippen molar-refractivity contribution in [1.29, 1.82) is 0 Å². The maximum atomic E-state index is 13.3. The summed E-state index contributed by atoms with van der Waals surface area (Å²) in [5.41, 5.74) is 10.9. The quantitative estimate of drug-likeness (QED) is 0.0799. The molecule has 0 saturated heterocycles. The molecule has 6 rings (SSSR count). The molecule has 0 unspecified atom stereocenters. The SMILES string of the molecule is CC(C)(C)OC(=O)Cn1c(-c2cccc(CN)c2)cnc(NCCc2ccccc2)c1=O.CCc1cccc(-c2cnc(NCCc3ccccc3)c(=O)n2CC(=O)OC(C)(C)C)c1.Cl. The monoisotopic (exact) mass is 903 g/mol. The summed E-state index contributed by atoms with van der Waals surface area (Å²) in [4.78, 5) is 60.4. The minimum atomic E-state index is -0.649. The van der Waals surface area contributed by atoms with Gasteiger partial charge in [-0.25, -0.2) is 9.97 Å². The number of hydrogen-bond acceptors (Lipinski definition) is 11. The second kappa shape index (κ2) is 23.9. The van der Waals surface area contributed by atoms with Crippen molar-refractivity contribution < 1.29 is 19.1 Å². The average molecular weight is 905 g/mol. The lowest BCUT2D eigenvalue weighted by Crippen LogP contribution is -2.33. The number of benzene rings is 4. The fourth-order valence-electron chi connectivity index (χ4n) is 6.75. The number of carbonyl (C=O) groups is 2. The number of nitrogens with zero attached hydrogens (tertiary/aromatic N) is 4. The van der Waals surface area contributed by atoms with Crippen molar-refractivity contribution in [1.82, 2.24) is 19.1 Å². The summed E-state index contributed by atoms with van der Waals surface area (Å²) >= 11 is 0. The average Bonchev–Trinajstić information content (AvgIpc) is 3.26. The van der Waals surface area contributed by atoms with Crippen molar-refractivity contribution in [3.8, 4) is 22.5 Å². The van der Waals surface area contributed by atoms with Crippen molar-refractivity contribution in [3.63, 3.8) is 0 Å². The van der Waals surface area contributed by atoms with E-state index in [4.69, 9.17) is 15.2 Å². The van der Waals surface area contributed by atoms with Gasteiger partial charge in [0.25, 0.3) is 11.1 Å². The van der Waals surface area contributed by atoms with Crippen LogP contribution in [0.1, 0.15) is 70.7 Å². The Balaban J connectivity index is 0.000000280. The van der Waals surface area contributed by atoms with Crippen molar-refractivity contribution in [3.05, 3.63) is 165 Å². The molecule has 0 atom stereocenters. The van der Waals surface area contributed by atoms with E-state index in [0.29, 0.717) is 31.0 Å². The maximum absolute atomic E-state index is 13.3. The first-order chi connectivity index (χ1) is 30.5. The summed E-state index contributed by atoms with van der Waals surface area (Å²) in [6.45, 7) is 14.0. The molecule has 0 spiro atoms. The van der Waals surface area contributed by atoms with Crippen LogP contribution in [0.5, 0.6) is 0 Å². The first-order valence-corrected chi connectivity index (χ1v) is 21.6. The maximum Gasteiger partial charge on any atom is 0.326 e. The van der Waals surface area contributed by atoms with E-state index >= 15 is 0 Å². The number of carbonyl (C=O) groups excluding carboxylic acids is 2. The summed E-state index contributed by atoms with van der Waals surface area (Å²) < 4.78 is 13.8. The van der Waals surface area contributed by atoms with Gasteiger partial charge in [0.05, 0.1) is 23.8 Å². The minimum absolute atomic E-state index is 0. The van der Waals surface area contributed by atoms with Gasteiger partial charge in [-0.05, 0) is 95.2 Å². The second-order valence-corrected chi connectivity index (χ2v) is 17.2. The van der Waals surface area contributed by atoms with Crippen LogP contribution in [0.2, 0.25) is 0 Å². The topological polar surface area (TPSA) is 172 Å². The zero-order valence-electron chi connectivity index (χ0n) is 38.4. The highest BCUT2D eigenvalue weighted by Gasteiger charge is 2.22. The predicted octanol–water partition coefficient (Wildman–Crippen LogP) is 8.26. The summed E-state index contributed by atoms with van der Waals surface area (Å²) in [5.74, 6) is -0.533. The molecule has 0 amide bonds. The summed E-state index contributed by atoms with van der Waals surface area (Å²) in [6.07, 6.45) is 5.62. The van der Waals surface area contributed by atoms with E-state index in [1.807, 2.05) is 130 Å². The van der Waals surface area contributed by atoms with Gasteiger partial charge in [-0.3, -0.25) is 28.3 Å². The van der Waals surface area contributed by atoms with Gasteiger partial charge in [0.15, 0.2) is 11.6 Å². The third kappa shape index (κ3) is 15.9. The number of aryl methyl sites for hydroxylation is 1. The molecule has 0 saturated carbocycles. The molecule has 0 aliphatic carbocycles. The molecule has 0 aliphatic rings. The van der Waals surface area contributed by atoms with Crippen LogP contribution in [0, 0.1) is 0 Å². The van der Waals surface area contributed by atoms with Gasteiger partial charge >= 0.3 is 11.9 Å². The van der Waals surface area contributed by atoms with Gasteiger partial charge in [-0.15, -0.1) is 12.4 Å². The van der Waals surface area contributed by atoms with Gasteiger partial charge in [0.2, 0.25) is 0 Å². The first kappa shape index (κ1) is 51.1. The second-order valence-electron chi connectivity index (χ2n) is 17.2. The standard InChI is InChI=1S/C26H31N3O3.C25H30N4O3.ClH/c1-5-19-12-9-13-21(16-19)22-17-28-24(27-15-14-20-10-7-6-8-11-20)25(31)29(22)18-23(30)32-26(2,3)4;1-25(2,3)32-22(30)17-29-21(20-11-7-10-19(14-20)15-26)16-28-23(24(29)31)27-13-12-18-8-5-4-6-9-18;/h6-13,16-17H,5,14-15,18H2,1-4H3,(H,27,28);4-11,14,16H,12-13,15,17,26H2,1-3H3,(H,27,28);1H. The van der Waals surface area contributed by atoms with Gasteiger partial charge < -0.3 is 25.8 Å². The van der Waals surface area contributed by atoms with Crippen LogP contribution in [0.4, 0.5) is 11.6 Å². The molecule has 344 valence electrons. The predicted molar refractivity (Wildman–Crippen MR) is 261 cm³/mol. The Morgan fingerprint density at radius 1 is 0.585 bits per heavy atom. The molecule has 14 heteroatoms. The van der Waals surface area contributed by atoms with Crippen LogP contribution in [-0.2, 0) is 58.0 Å². The van der Waals surface area contributed by atoms with Crippen LogP contribution < -0.4 is 27.5 Å². The van der Waals surface area contributed by atoms with Crippen LogP contribution >= 0.6 is 12.4 Å². The molecule has 13 nitrogen and oxygen atoms in total. The lowest BCUT2D eigenvalue weighted by molar-refractivity contribution is -0.156. The summed E-state index contributed by atoms with van der Waals surface area (Å²) in [5, 5.41) is 6.24. The Morgan fingerprint density at radius 3 is 1.35 bits per heavy atom. The molecule has 4 aromatic carbocycles. The molecule has 65 heavy (non-hydrogen) atoms. The van der Waals surface area contributed by atoms with Crippen LogP contribution in [0.15, 0.2) is 131 Å². The largest absolute Gasteiger partial charge is 0.459 e. The third-order valence-electron chi connectivity index (χ3n) is 9.71. The summed E-state index contributed by atoms with van der Waals surface area (Å²) in [6, 6.07) is 35.5. The minimum Gasteiger partial charge on any atom is -0.459 e. The molecule has 0 bridgehead atoms. The fraction of sp³-hybridized carbons (Fsp3) is 0.333. The molecular weight excluding hydrogens is 842 g/mol. The van der Waals surface area contributed by atoms with Gasteiger partial charge in [0, 0.05) is 30.8 Å². The Morgan fingerprint density at radius 2 is 0.969 bits per heavy atom. The highest BCUT2D eigenvalue weighted by Crippen LogP contribution is 2.22. The number of halogens is 1. The molecule has 2 heterocycles. The number of nitrogens with one attached hydrogen (secondary N) is 2. The van der Waals surface area contributed by atoms with Gasteiger partial charge in [-0.2, -0.15) is 0 Å². The first-order valence-electron chi connectivity index (χ1n) is 21.6. The zero-order valence-corrected chi connectivity index (χ0v) is 39.2. The normalized spacial score (nSPS) is 11.1. The van der Waals surface area contributed by atoms with Gasteiger partial charge in [-0.1, -0.05) is 104 Å². The number of hydrogen-bond donors (Lipinski definition) is 3.